The predicted octanol–water partition coefficient (Wildman–Crippen LogP) is 2.99. The summed E-state index contributed by atoms with van der Waals surface area (Å²) in [6.07, 6.45) is 3.47. The second kappa shape index (κ2) is 7.36. The van der Waals surface area contributed by atoms with Crippen molar-refractivity contribution in [2.24, 2.45) is 0 Å². The molecule has 1 aromatic heterocycles. The zero-order valence-corrected chi connectivity index (χ0v) is 15.2. The van der Waals surface area contributed by atoms with Gasteiger partial charge in [0.15, 0.2) is 0 Å². The first-order valence-corrected chi connectivity index (χ1v) is 9.53. The molecule has 6 nitrogen and oxygen atoms in total. The number of H-pyrrole nitrogens is 1. The topological polar surface area (TPSA) is 91.1 Å². The highest BCUT2D eigenvalue weighted by Gasteiger charge is 2.27. The highest BCUT2D eigenvalue weighted by atomic mass is 32.2. The predicted molar refractivity (Wildman–Crippen MR) is 97.5 cm³/mol. The lowest BCUT2D eigenvalue weighted by atomic mass is 10.2. The van der Waals surface area contributed by atoms with Gasteiger partial charge in [0.1, 0.15) is 0 Å². The van der Waals surface area contributed by atoms with Crippen molar-refractivity contribution < 1.29 is 13.2 Å². The van der Waals surface area contributed by atoms with E-state index in [1.54, 1.807) is 20.8 Å². The Morgan fingerprint density at radius 3 is 2.62 bits per heavy atom. The summed E-state index contributed by atoms with van der Waals surface area (Å²) in [5.41, 5.74) is 1.79. The van der Waals surface area contributed by atoms with Gasteiger partial charge in [-0.25, -0.2) is 13.1 Å². The summed E-state index contributed by atoms with van der Waals surface area (Å²) in [7, 11) is -3.32. The van der Waals surface area contributed by atoms with Gasteiger partial charge in [0, 0.05) is 35.8 Å². The number of amides is 1. The van der Waals surface area contributed by atoms with Gasteiger partial charge in [-0.15, -0.1) is 0 Å². The Morgan fingerprint density at radius 1 is 1.17 bits per heavy atom. The number of carbonyl (C=O) groups is 1. The monoisotopic (exact) mass is 351 g/mol. The van der Waals surface area contributed by atoms with E-state index >= 15 is 0 Å². The number of nitrogens with one attached hydrogen (secondary N) is 3. The lowest BCUT2D eigenvalue weighted by molar-refractivity contribution is -0.116. The molecule has 0 saturated heterocycles. The Labute approximate surface area is 143 Å². The first-order chi connectivity index (χ1) is 11.2. The van der Waals surface area contributed by atoms with E-state index in [0.717, 1.165) is 16.6 Å². The molecular weight excluding hydrogens is 326 g/mol. The molecule has 0 aliphatic rings. The Morgan fingerprint density at radius 2 is 1.92 bits per heavy atom. The van der Waals surface area contributed by atoms with Crippen molar-refractivity contribution in [1.82, 2.24) is 9.71 Å². The molecule has 24 heavy (non-hydrogen) atoms. The fourth-order valence-electron chi connectivity index (χ4n) is 2.19. The van der Waals surface area contributed by atoms with Crippen LogP contribution in [-0.4, -0.2) is 30.6 Å². The summed E-state index contributed by atoms with van der Waals surface area (Å²) in [5.74, 6) is -0.0661. The summed E-state index contributed by atoms with van der Waals surface area (Å²) in [5, 5.41) is 3.91. The molecule has 0 bridgehead atoms. The van der Waals surface area contributed by atoms with Crippen LogP contribution in [0.3, 0.4) is 0 Å². The smallest absolute Gasteiger partial charge is 0.224 e. The van der Waals surface area contributed by atoms with E-state index in [9.17, 15) is 13.2 Å². The van der Waals surface area contributed by atoms with Gasteiger partial charge in [0.05, 0.1) is 4.75 Å². The summed E-state index contributed by atoms with van der Waals surface area (Å²) in [6, 6.07) is 7.65. The summed E-state index contributed by atoms with van der Waals surface area (Å²) in [6.45, 7) is 5.32. The van der Waals surface area contributed by atoms with Crippen LogP contribution in [0.25, 0.3) is 10.9 Å². The second-order valence-corrected chi connectivity index (χ2v) is 9.32. The average molecular weight is 351 g/mol. The van der Waals surface area contributed by atoms with E-state index in [2.05, 4.69) is 15.0 Å². The molecule has 1 amide bonds. The van der Waals surface area contributed by atoms with E-state index < -0.39 is 14.8 Å². The van der Waals surface area contributed by atoms with Crippen LogP contribution in [0, 0.1) is 0 Å². The average Bonchev–Trinajstić information content (AvgIpc) is 2.93. The van der Waals surface area contributed by atoms with E-state index in [1.165, 1.54) is 0 Å². The highest BCUT2D eigenvalue weighted by molar-refractivity contribution is 7.90. The molecule has 0 aliphatic heterocycles. The lowest BCUT2D eigenvalue weighted by Crippen LogP contribution is -2.39. The Balaban J connectivity index is 1.72. The number of hydrogen-bond donors (Lipinski definition) is 3. The minimum Gasteiger partial charge on any atom is -0.361 e. The van der Waals surface area contributed by atoms with Crippen LogP contribution in [-0.2, 0) is 14.8 Å². The normalized spacial score (nSPS) is 12.5. The maximum absolute atomic E-state index is 11.9. The van der Waals surface area contributed by atoms with Crippen molar-refractivity contribution in [3.05, 3.63) is 30.5 Å². The third-order valence-electron chi connectivity index (χ3n) is 3.77. The number of aromatic amines is 1. The number of sulfonamides is 1. The molecule has 0 spiro atoms. The zero-order valence-electron chi connectivity index (χ0n) is 14.3. The van der Waals surface area contributed by atoms with Crippen LogP contribution in [0.4, 0.5) is 5.69 Å². The molecule has 3 N–H and O–H groups in total. The molecule has 2 rings (SSSR count). The van der Waals surface area contributed by atoms with Crippen molar-refractivity contribution >= 4 is 32.5 Å². The van der Waals surface area contributed by atoms with Gasteiger partial charge in [-0.2, -0.15) is 0 Å². The number of anilines is 1. The van der Waals surface area contributed by atoms with E-state index in [0.29, 0.717) is 25.8 Å². The number of aromatic nitrogens is 1. The Hall–Kier alpha value is -1.86. The number of unbranched alkanes of at least 4 members (excludes halogenated alkanes) is 1. The number of carbonyl (C=O) groups excluding carboxylic acids is 1. The quantitative estimate of drug-likeness (QED) is 0.670. The van der Waals surface area contributed by atoms with Crippen LogP contribution < -0.4 is 10.0 Å². The standard InChI is InChI=1S/C17H25N3O3S/c1-17(2,3)24(22,23)19-10-5-4-6-16(21)20-14-7-8-15-13(12-14)9-11-18-15/h7-9,11-12,18-19H,4-6,10H2,1-3H3,(H,20,21). The number of benzene rings is 1. The molecule has 0 fully saturated rings. The Bertz CT molecular complexity index is 804. The van der Waals surface area contributed by atoms with Crippen LogP contribution >= 0.6 is 0 Å². The number of rotatable bonds is 7. The number of hydrogen-bond acceptors (Lipinski definition) is 3. The van der Waals surface area contributed by atoms with Gasteiger partial charge < -0.3 is 10.3 Å². The molecule has 0 atom stereocenters. The summed E-state index contributed by atoms with van der Waals surface area (Å²) >= 11 is 0. The molecule has 2 aromatic rings. The molecule has 7 heteroatoms. The number of fused-ring (bicyclic) bond motifs is 1. The molecule has 0 unspecified atom stereocenters. The minimum atomic E-state index is -3.32. The third kappa shape index (κ3) is 4.82. The van der Waals surface area contributed by atoms with Crippen LogP contribution in [0.2, 0.25) is 0 Å². The van der Waals surface area contributed by atoms with Gasteiger partial charge in [-0.05, 0) is 57.9 Å². The summed E-state index contributed by atoms with van der Waals surface area (Å²) < 4.78 is 25.5. The first kappa shape index (κ1) is 18.5. The third-order valence-corrected chi connectivity index (χ3v) is 5.96. The van der Waals surface area contributed by atoms with Crippen molar-refractivity contribution in [2.45, 2.75) is 44.8 Å². The van der Waals surface area contributed by atoms with Gasteiger partial charge in [-0.3, -0.25) is 4.79 Å². The molecule has 0 radical (unpaired) electrons. The first-order valence-electron chi connectivity index (χ1n) is 8.05. The molecular formula is C17H25N3O3S. The molecule has 1 aromatic carbocycles. The van der Waals surface area contributed by atoms with Gasteiger partial charge in [0.2, 0.25) is 15.9 Å². The maximum Gasteiger partial charge on any atom is 0.224 e. The van der Waals surface area contributed by atoms with Crippen molar-refractivity contribution in [1.29, 1.82) is 0 Å². The fraction of sp³-hybridized carbons (Fsp3) is 0.471. The molecule has 1 heterocycles. The fourth-order valence-corrected chi connectivity index (χ4v) is 3.03. The van der Waals surface area contributed by atoms with E-state index in [-0.39, 0.29) is 5.91 Å². The highest BCUT2D eigenvalue weighted by Crippen LogP contribution is 2.18. The van der Waals surface area contributed by atoms with Gasteiger partial charge >= 0.3 is 0 Å². The van der Waals surface area contributed by atoms with E-state index in [1.807, 2.05) is 30.5 Å². The van der Waals surface area contributed by atoms with E-state index in [4.69, 9.17) is 0 Å². The van der Waals surface area contributed by atoms with Crippen molar-refractivity contribution in [3.8, 4) is 0 Å². The maximum atomic E-state index is 11.9. The van der Waals surface area contributed by atoms with Gasteiger partial charge in [0.25, 0.3) is 0 Å². The Kier molecular flexibility index (Phi) is 5.66. The van der Waals surface area contributed by atoms with Crippen molar-refractivity contribution in [2.75, 3.05) is 11.9 Å². The van der Waals surface area contributed by atoms with Crippen LogP contribution in [0.1, 0.15) is 40.0 Å². The summed E-state index contributed by atoms with van der Waals surface area (Å²) in [4.78, 5) is 15.1. The molecule has 0 aliphatic carbocycles. The zero-order chi connectivity index (χ0) is 17.8. The van der Waals surface area contributed by atoms with Gasteiger partial charge in [-0.1, -0.05) is 0 Å². The van der Waals surface area contributed by atoms with Crippen molar-refractivity contribution in [3.63, 3.8) is 0 Å². The lowest BCUT2D eigenvalue weighted by Gasteiger charge is -2.19. The largest absolute Gasteiger partial charge is 0.361 e. The minimum absolute atomic E-state index is 0.0661. The molecule has 132 valence electrons. The van der Waals surface area contributed by atoms with Crippen LogP contribution in [0.15, 0.2) is 30.5 Å². The SMILES string of the molecule is CC(C)(C)S(=O)(=O)NCCCCC(=O)Nc1ccc2[nH]ccc2c1. The molecule has 0 saturated carbocycles. The van der Waals surface area contributed by atoms with Crippen LogP contribution in [0.5, 0.6) is 0 Å². The second-order valence-electron chi connectivity index (χ2n) is 6.80.